The van der Waals surface area contributed by atoms with E-state index in [-0.39, 0.29) is 0 Å². The Kier molecular flexibility index (Phi) is 5.05. The first kappa shape index (κ1) is 13.8. The molecule has 1 heterocycles. The molecule has 1 rings (SSSR count). The normalized spacial score (nSPS) is 20.6. The van der Waals surface area contributed by atoms with Gasteiger partial charge in [0.25, 0.3) is 0 Å². The van der Waals surface area contributed by atoms with Crippen molar-refractivity contribution >= 4 is 0 Å². The first-order chi connectivity index (χ1) is 7.37. The zero-order chi connectivity index (χ0) is 12.2. The number of halogens is 3. The van der Waals surface area contributed by atoms with Crippen LogP contribution in [0.2, 0.25) is 0 Å². The molecule has 5 heteroatoms. The Balaban J connectivity index is 2.14. The molecule has 0 atom stereocenters. The Hall–Kier alpha value is -0.290. The largest absolute Gasteiger partial charge is 0.401 e. The van der Waals surface area contributed by atoms with Crippen LogP contribution >= 0.6 is 0 Å². The van der Waals surface area contributed by atoms with Gasteiger partial charge in [0.15, 0.2) is 0 Å². The number of nitrogens with zero attached hydrogens (tertiary/aromatic N) is 2. The quantitative estimate of drug-likeness (QED) is 0.741. The van der Waals surface area contributed by atoms with E-state index < -0.39 is 12.7 Å². The van der Waals surface area contributed by atoms with Gasteiger partial charge in [0.2, 0.25) is 0 Å². The molecule has 0 N–H and O–H groups in total. The number of hydrogen-bond donors (Lipinski definition) is 0. The smallest absolute Gasteiger partial charge is 0.306 e. The molecule has 16 heavy (non-hydrogen) atoms. The molecule has 0 unspecified atom stereocenters. The molecular formula is C11H21F3N2. The van der Waals surface area contributed by atoms with Crippen LogP contribution < -0.4 is 0 Å². The molecule has 0 bridgehead atoms. The molecule has 1 saturated heterocycles. The van der Waals surface area contributed by atoms with Crippen LogP contribution in [0.25, 0.3) is 0 Å². The lowest BCUT2D eigenvalue weighted by atomic mass is 9.94. The summed E-state index contributed by atoms with van der Waals surface area (Å²) in [6, 6.07) is 0. The van der Waals surface area contributed by atoms with Gasteiger partial charge in [0, 0.05) is 0 Å². The van der Waals surface area contributed by atoms with Gasteiger partial charge in [-0.2, -0.15) is 13.2 Å². The van der Waals surface area contributed by atoms with Gasteiger partial charge < -0.3 is 4.90 Å². The van der Waals surface area contributed by atoms with E-state index >= 15 is 0 Å². The Morgan fingerprint density at radius 2 is 1.81 bits per heavy atom. The summed E-state index contributed by atoms with van der Waals surface area (Å²) < 4.78 is 36.2. The third-order valence-electron chi connectivity index (χ3n) is 3.21. The summed E-state index contributed by atoms with van der Waals surface area (Å²) in [5.74, 6) is 0.604. The van der Waals surface area contributed by atoms with Gasteiger partial charge in [0.05, 0.1) is 6.54 Å². The fraction of sp³-hybridized carbons (Fsp3) is 1.00. The summed E-state index contributed by atoms with van der Waals surface area (Å²) in [7, 11) is 3.63. The summed E-state index contributed by atoms with van der Waals surface area (Å²) in [6.45, 7) is 1.91. The highest BCUT2D eigenvalue weighted by Crippen LogP contribution is 2.21. The van der Waals surface area contributed by atoms with Crippen molar-refractivity contribution in [3.05, 3.63) is 0 Å². The number of likely N-dealkylation sites (tertiary alicyclic amines) is 1. The van der Waals surface area contributed by atoms with Crippen molar-refractivity contribution in [1.82, 2.24) is 9.80 Å². The first-order valence-electron chi connectivity index (χ1n) is 5.80. The van der Waals surface area contributed by atoms with E-state index in [1.54, 1.807) is 7.05 Å². The van der Waals surface area contributed by atoms with Gasteiger partial charge in [-0.3, -0.25) is 4.90 Å². The highest BCUT2D eigenvalue weighted by Gasteiger charge is 2.29. The van der Waals surface area contributed by atoms with E-state index in [1.165, 1.54) is 4.90 Å². The molecule has 0 aromatic rings. The lowest BCUT2D eigenvalue weighted by Crippen LogP contribution is -2.35. The van der Waals surface area contributed by atoms with Gasteiger partial charge in [-0.15, -0.1) is 0 Å². The van der Waals surface area contributed by atoms with E-state index in [9.17, 15) is 13.2 Å². The second-order valence-electron chi connectivity index (χ2n) is 4.89. The van der Waals surface area contributed by atoms with Crippen molar-refractivity contribution in [2.45, 2.75) is 25.4 Å². The topological polar surface area (TPSA) is 6.48 Å². The highest BCUT2D eigenvalue weighted by molar-refractivity contribution is 4.71. The van der Waals surface area contributed by atoms with Crippen LogP contribution in [0.4, 0.5) is 13.2 Å². The molecule has 0 radical (unpaired) electrons. The molecular weight excluding hydrogens is 217 g/mol. The maximum absolute atomic E-state index is 12.1. The van der Waals surface area contributed by atoms with Crippen LogP contribution in [-0.2, 0) is 0 Å². The average Bonchev–Trinajstić information content (AvgIpc) is 2.14. The molecule has 0 spiro atoms. The fourth-order valence-electron chi connectivity index (χ4n) is 2.14. The maximum atomic E-state index is 12.1. The van der Waals surface area contributed by atoms with E-state index in [0.717, 1.165) is 32.4 Å². The van der Waals surface area contributed by atoms with Crippen molar-refractivity contribution in [2.24, 2.45) is 5.92 Å². The summed E-state index contributed by atoms with van der Waals surface area (Å²) in [6.07, 6.45) is -0.936. The van der Waals surface area contributed by atoms with Crippen LogP contribution in [0.5, 0.6) is 0 Å². The van der Waals surface area contributed by atoms with Crippen LogP contribution in [0.15, 0.2) is 0 Å². The summed E-state index contributed by atoms with van der Waals surface area (Å²) in [5.41, 5.74) is 0. The SMILES string of the molecule is CN1CCC(CCN(C)CC(F)(F)F)CC1. The third kappa shape index (κ3) is 5.70. The lowest BCUT2D eigenvalue weighted by molar-refractivity contribution is -0.143. The van der Waals surface area contributed by atoms with Crippen molar-refractivity contribution in [2.75, 3.05) is 40.3 Å². The molecule has 0 saturated carbocycles. The van der Waals surface area contributed by atoms with Gasteiger partial charge >= 0.3 is 6.18 Å². The highest BCUT2D eigenvalue weighted by atomic mass is 19.4. The molecule has 96 valence electrons. The van der Waals surface area contributed by atoms with Crippen LogP contribution in [0.1, 0.15) is 19.3 Å². The third-order valence-corrected chi connectivity index (χ3v) is 3.21. The zero-order valence-electron chi connectivity index (χ0n) is 10.1. The van der Waals surface area contributed by atoms with Crippen molar-refractivity contribution in [3.63, 3.8) is 0 Å². The average molecular weight is 238 g/mol. The standard InChI is InChI=1S/C11H21F3N2/c1-15-6-3-10(4-7-15)5-8-16(2)9-11(12,13)14/h10H,3-9H2,1-2H3. The molecule has 2 nitrogen and oxygen atoms in total. The maximum Gasteiger partial charge on any atom is 0.401 e. The van der Waals surface area contributed by atoms with Crippen molar-refractivity contribution in [1.29, 1.82) is 0 Å². The minimum atomic E-state index is -4.07. The predicted octanol–water partition coefficient (Wildman–Crippen LogP) is 2.21. The number of alkyl halides is 3. The van der Waals surface area contributed by atoms with E-state index in [1.807, 2.05) is 0 Å². The number of piperidine rings is 1. The van der Waals surface area contributed by atoms with E-state index in [4.69, 9.17) is 0 Å². The Morgan fingerprint density at radius 3 is 2.31 bits per heavy atom. The van der Waals surface area contributed by atoms with Gasteiger partial charge in [0.1, 0.15) is 0 Å². The van der Waals surface area contributed by atoms with Crippen LogP contribution in [-0.4, -0.2) is 56.3 Å². The lowest BCUT2D eigenvalue weighted by Gasteiger charge is -2.30. The molecule has 0 amide bonds. The number of rotatable bonds is 4. The fourth-order valence-corrected chi connectivity index (χ4v) is 2.14. The van der Waals surface area contributed by atoms with Gasteiger partial charge in [-0.1, -0.05) is 0 Å². The van der Waals surface area contributed by atoms with Crippen LogP contribution in [0, 0.1) is 5.92 Å². The second-order valence-corrected chi connectivity index (χ2v) is 4.89. The summed E-state index contributed by atoms with van der Waals surface area (Å²) >= 11 is 0. The van der Waals surface area contributed by atoms with E-state index in [0.29, 0.717) is 12.5 Å². The monoisotopic (exact) mass is 238 g/mol. The minimum absolute atomic E-state index is 0.549. The van der Waals surface area contributed by atoms with E-state index in [2.05, 4.69) is 11.9 Å². The van der Waals surface area contributed by atoms with Gasteiger partial charge in [-0.05, 0) is 58.9 Å². The molecule has 1 fully saturated rings. The summed E-state index contributed by atoms with van der Waals surface area (Å²) in [4.78, 5) is 3.65. The molecule has 0 aromatic carbocycles. The Labute approximate surface area is 95.4 Å². The van der Waals surface area contributed by atoms with Crippen LogP contribution in [0.3, 0.4) is 0 Å². The Bertz CT molecular complexity index is 198. The minimum Gasteiger partial charge on any atom is -0.306 e. The van der Waals surface area contributed by atoms with Crippen molar-refractivity contribution in [3.8, 4) is 0 Å². The second kappa shape index (κ2) is 5.87. The Morgan fingerprint density at radius 1 is 1.25 bits per heavy atom. The van der Waals surface area contributed by atoms with Crippen molar-refractivity contribution < 1.29 is 13.2 Å². The first-order valence-corrected chi connectivity index (χ1v) is 5.80. The zero-order valence-corrected chi connectivity index (χ0v) is 10.1. The summed E-state index contributed by atoms with van der Waals surface area (Å²) in [5, 5.41) is 0. The molecule has 1 aliphatic rings. The molecule has 0 aliphatic carbocycles. The van der Waals surface area contributed by atoms with Gasteiger partial charge in [-0.25, -0.2) is 0 Å². The number of hydrogen-bond acceptors (Lipinski definition) is 2. The predicted molar refractivity (Wildman–Crippen MR) is 58.4 cm³/mol. The molecule has 1 aliphatic heterocycles. The molecule has 0 aromatic heterocycles.